The lowest BCUT2D eigenvalue weighted by Gasteiger charge is -2.32. The molecule has 1 aromatic carbocycles. The van der Waals surface area contributed by atoms with Gasteiger partial charge in [-0.05, 0) is 17.7 Å². The summed E-state index contributed by atoms with van der Waals surface area (Å²) in [5.41, 5.74) is 1.67. The minimum Gasteiger partial charge on any atom is -0.396 e. The molecule has 1 atom stereocenters. The number of rotatable bonds is 3. The molecule has 0 saturated carbocycles. The summed E-state index contributed by atoms with van der Waals surface area (Å²) in [4.78, 5) is 26.6. The van der Waals surface area contributed by atoms with E-state index in [2.05, 4.69) is 0 Å². The van der Waals surface area contributed by atoms with Crippen molar-refractivity contribution in [3.63, 3.8) is 0 Å². The van der Waals surface area contributed by atoms with Gasteiger partial charge in [-0.25, -0.2) is 0 Å². The minimum absolute atomic E-state index is 0.0122. The van der Waals surface area contributed by atoms with E-state index in [0.29, 0.717) is 5.69 Å². The first kappa shape index (κ1) is 13.5. The van der Waals surface area contributed by atoms with Gasteiger partial charge in [-0.1, -0.05) is 19.1 Å². The van der Waals surface area contributed by atoms with Crippen LogP contribution in [0.2, 0.25) is 0 Å². The van der Waals surface area contributed by atoms with Crippen LogP contribution in [0.25, 0.3) is 0 Å². The van der Waals surface area contributed by atoms with Gasteiger partial charge in [-0.3, -0.25) is 9.59 Å². The van der Waals surface area contributed by atoms with E-state index in [1.807, 2.05) is 31.2 Å². The third kappa shape index (κ3) is 2.76. The summed E-state index contributed by atoms with van der Waals surface area (Å²) in [6, 6.07) is 7.42. The summed E-state index contributed by atoms with van der Waals surface area (Å²) in [6.45, 7) is 2.15. The average molecular weight is 262 g/mol. The van der Waals surface area contributed by atoms with Crippen LogP contribution in [0.3, 0.4) is 0 Å². The van der Waals surface area contributed by atoms with Crippen LogP contribution in [0.1, 0.15) is 18.4 Å². The molecule has 1 aliphatic heterocycles. The van der Waals surface area contributed by atoms with Crippen LogP contribution >= 0.6 is 0 Å². The van der Waals surface area contributed by atoms with E-state index in [4.69, 9.17) is 0 Å². The zero-order valence-corrected chi connectivity index (χ0v) is 11.2. The normalized spacial score (nSPS) is 17.8. The predicted molar refractivity (Wildman–Crippen MR) is 71.9 cm³/mol. The quantitative estimate of drug-likeness (QED) is 0.867. The van der Waals surface area contributed by atoms with Crippen molar-refractivity contribution in [1.82, 2.24) is 4.90 Å². The number of likely N-dealkylation sites (N-methyl/N-ethyl adjacent to an activating group) is 1. The number of aliphatic hydroxyl groups excluding tert-OH is 1. The van der Waals surface area contributed by atoms with Crippen molar-refractivity contribution >= 4 is 17.5 Å². The SMILES string of the molecule is CC(CO)c1cccc(N2CC(=O)N(C)CC2=O)c1. The highest BCUT2D eigenvalue weighted by atomic mass is 16.3. The van der Waals surface area contributed by atoms with Gasteiger partial charge in [0, 0.05) is 25.3 Å². The average Bonchev–Trinajstić information content (AvgIpc) is 2.42. The van der Waals surface area contributed by atoms with Crippen molar-refractivity contribution in [2.24, 2.45) is 0 Å². The number of piperazine rings is 1. The second kappa shape index (κ2) is 5.40. The smallest absolute Gasteiger partial charge is 0.247 e. The van der Waals surface area contributed by atoms with Gasteiger partial charge >= 0.3 is 0 Å². The molecular formula is C14H18N2O3. The topological polar surface area (TPSA) is 60.9 Å². The molecule has 5 heteroatoms. The zero-order valence-electron chi connectivity index (χ0n) is 11.2. The first-order valence-corrected chi connectivity index (χ1v) is 6.28. The number of nitrogens with zero attached hydrogens (tertiary/aromatic N) is 2. The molecule has 1 N–H and O–H groups in total. The van der Waals surface area contributed by atoms with E-state index in [-0.39, 0.29) is 37.4 Å². The Hall–Kier alpha value is -1.88. The Labute approximate surface area is 112 Å². The highest BCUT2D eigenvalue weighted by Crippen LogP contribution is 2.23. The molecule has 2 amide bonds. The van der Waals surface area contributed by atoms with Crippen LogP contribution in [-0.2, 0) is 9.59 Å². The molecule has 0 aliphatic carbocycles. The molecule has 1 aromatic rings. The van der Waals surface area contributed by atoms with E-state index >= 15 is 0 Å². The standard InChI is InChI=1S/C14H18N2O3/c1-10(9-17)11-4-3-5-12(6-11)16-8-13(18)15(2)7-14(16)19/h3-6,10,17H,7-9H2,1-2H3. The maximum atomic E-state index is 12.0. The highest BCUT2D eigenvalue weighted by molar-refractivity contribution is 6.04. The molecule has 5 nitrogen and oxygen atoms in total. The summed E-state index contributed by atoms with van der Waals surface area (Å²) in [5, 5.41) is 9.18. The van der Waals surface area contributed by atoms with Gasteiger partial charge < -0.3 is 14.9 Å². The minimum atomic E-state index is -0.0871. The van der Waals surface area contributed by atoms with Crippen LogP contribution in [-0.4, -0.2) is 48.6 Å². The van der Waals surface area contributed by atoms with Crippen molar-refractivity contribution in [1.29, 1.82) is 0 Å². The van der Waals surface area contributed by atoms with E-state index in [9.17, 15) is 14.7 Å². The van der Waals surface area contributed by atoms with Crippen LogP contribution in [0.5, 0.6) is 0 Å². The zero-order chi connectivity index (χ0) is 14.0. The molecule has 0 spiro atoms. The van der Waals surface area contributed by atoms with Crippen LogP contribution in [0.4, 0.5) is 5.69 Å². The van der Waals surface area contributed by atoms with Crippen LogP contribution in [0.15, 0.2) is 24.3 Å². The maximum absolute atomic E-state index is 12.0. The van der Waals surface area contributed by atoms with Crippen molar-refractivity contribution in [3.05, 3.63) is 29.8 Å². The van der Waals surface area contributed by atoms with Crippen molar-refractivity contribution in [2.45, 2.75) is 12.8 Å². The molecule has 1 unspecified atom stereocenters. The Balaban J connectivity index is 2.26. The largest absolute Gasteiger partial charge is 0.396 e. The molecular weight excluding hydrogens is 244 g/mol. The highest BCUT2D eigenvalue weighted by Gasteiger charge is 2.28. The molecule has 1 heterocycles. The Morgan fingerprint density at radius 2 is 2.00 bits per heavy atom. The lowest BCUT2D eigenvalue weighted by Crippen LogP contribution is -2.52. The molecule has 2 rings (SSSR count). The second-order valence-corrected chi connectivity index (χ2v) is 4.91. The lowest BCUT2D eigenvalue weighted by atomic mass is 10.0. The number of hydrogen-bond donors (Lipinski definition) is 1. The van der Waals surface area contributed by atoms with Crippen molar-refractivity contribution < 1.29 is 14.7 Å². The monoisotopic (exact) mass is 262 g/mol. The Kier molecular flexibility index (Phi) is 3.85. The Morgan fingerprint density at radius 3 is 2.68 bits per heavy atom. The third-order valence-electron chi connectivity index (χ3n) is 3.42. The summed E-state index contributed by atoms with van der Waals surface area (Å²) in [5.74, 6) is -0.144. The molecule has 1 aliphatic rings. The van der Waals surface area contributed by atoms with E-state index in [1.165, 1.54) is 9.80 Å². The Bertz CT molecular complexity index is 501. The molecule has 0 aromatic heterocycles. The number of amides is 2. The van der Waals surface area contributed by atoms with Gasteiger partial charge in [0.05, 0.1) is 6.54 Å². The van der Waals surface area contributed by atoms with Gasteiger partial charge in [-0.15, -0.1) is 0 Å². The van der Waals surface area contributed by atoms with E-state index in [1.54, 1.807) is 7.05 Å². The van der Waals surface area contributed by atoms with E-state index in [0.717, 1.165) is 5.56 Å². The fourth-order valence-electron chi connectivity index (χ4n) is 2.06. The molecule has 1 fully saturated rings. The fraction of sp³-hybridized carbons (Fsp3) is 0.429. The Morgan fingerprint density at radius 1 is 1.26 bits per heavy atom. The van der Waals surface area contributed by atoms with Gasteiger partial charge in [0.15, 0.2) is 0 Å². The van der Waals surface area contributed by atoms with E-state index < -0.39 is 0 Å². The van der Waals surface area contributed by atoms with Gasteiger partial charge in [0.2, 0.25) is 11.8 Å². The van der Waals surface area contributed by atoms with Gasteiger partial charge in [0.1, 0.15) is 6.54 Å². The summed E-state index contributed by atoms with van der Waals surface area (Å²) < 4.78 is 0. The second-order valence-electron chi connectivity index (χ2n) is 4.91. The molecule has 0 radical (unpaired) electrons. The summed E-state index contributed by atoms with van der Waals surface area (Å²) in [6.07, 6.45) is 0. The molecule has 0 bridgehead atoms. The number of carbonyl (C=O) groups is 2. The van der Waals surface area contributed by atoms with Crippen LogP contribution in [0, 0.1) is 0 Å². The van der Waals surface area contributed by atoms with Crippen molar-refractivity contribution in [2.75, 3.05) is 31.6 Å². The molecule has 19 heavy (non-hydrogen) atoms. The maximum Gasteiger partial charge on any atom is 0.247 e. The first-order chi connectivity index (χ1) is 9.02. The predicted octanol–water partition coefficient (Wildman–Crippen LogP) is 0.587. The number of anilines is 1. The van der Waals surface area contributed by atoms with Gasteiger partial charge in [0.25, 0.3) is 0 Å². The number of hydrogen-bond acceptors (Lipinski definition) is 3. The third-order valence-corrected chi connectivity index (χ3v) is 3.42. The van der Waals surface area contributed by atoms with Gasteiger partial charge in [-0.2, -0.15) is 0 Å². The summed E-state index contributed by atoms with van der Waals surface area (Å²) >= 11 is 0. The molecule has 1 saturated heterocycles. The number of carbonyl (C=O) groups excluding carboxylic acids is 2. The van der Waals surface area contributed by atoms with Crippen molar-refractivity contribution in [3.8, 4) is 0 Å². The lowest BCUT2D eigenvalue weighted by molar-refractivity contribution is -0.136. The first-order valence-electron chi connectivity index (χ1n) is 6.28. The number of aliphatic hydroxyl groups is 1. The van der Waals surface area contributed by atoms with Crippen LogP contribution < -0.4 is 4.90 Å². The fourth-order valence-corrected chi connectivity index (χ4v) is 2.06. The molecule has 102 valence electrons. The summed E-state index contributed by atoms with van der Waals surface area (Å²) in [7, 11) is 1.63. The number of benzene rings is 1.